The Morgan fingerprint density at radius 1 is 0.548 bits per heavy atom. The predicted octanol–water partition coefficient (Wildman–Crippen LogP) is 10.7. The summed E-state index contributed by atoms with van der Waals surface area (Å²) in [6.45, 7) is 1.40. The molecule has 1 aliphatic heterocycles. The normalized spacial score (nSPS) is 14.9. The van der Waals surface area contributed by atoms with Crippen molar-refractivity contribution in [2.75, 3.05) is 16.5 Å². The average Bonchev–Trinajstić information content (AvgIpc) is 3.31. The van der Waals surface area contributed by atoms with Crippen LogP contribution in [0.4, 0.5) is 11.4 Å². The van der Waals surface area contributed by atoms with E-state index < -0.39 is 0 Å². The minimum atomic E-state index is -0.0840. The highest BCUT2D eigenvalue weighted by molar-refractivity contribution is 9.10. The van der Waals surface area contributed by atoms with E-state index in [-0.39, 0.29) is 6.04 Å². The Morgan fingerprint density at radius 3 is 1.62 bits per heavy atom. The van der Waals surface area contributed by atoms with E-state index in [0.717, 1.165) is 43.0 Å². The Labute approximate surface area is 263 Å². The predicted molar refractivity (Wildman–Crippen MR) is 180 cm³/mol. The van der Waals surface area contributed by atoms with Gasteiger partial charge in [0.25, 0.3) is 0 Å². The van der Waals surface area contributed by atoms with Crippen molar-refractivity contribution < 1.29 is 4.42 Å². The van der Waals surface area contributed by atoms with E-state index in [1.165, 1.54) is 16.7 Å². The maximum Gasteiger partial charge on any atom is 0.140 e. The zero-order valence-electron chi connectivity index (χ0n) is 22.8. The molecule has 6 aromatic rings. The zero-order chi connectivity index (χ0) is 28.5. The van der Waals surface area contributed by atoms with Crippen molar-refractivity contribution in [3.05, 3.63) is 165 Å². The van der Waals surface area contributed by atoms with E-state index in [2.05, 4.69) is 181 Å². The summed E-state index contributed by atoms with van der Waals surface area (Å²) in [6.07, 6.45) is 0. The minimum Gasteiger partial charge on any atom is -0.455 e. The molecule has 5 aromatic carbocycles. The van der Waals surface area contributed by atoms with E-state index in [0.29, 0.717) is 13.2 Å². The molecule has 0 bridgehead atoms. The van der Waals surface area contributed by atoms with Gasteiger partial charge < -0.3 is 14.2 Å². The fraction of sp³-hybridized carbons (Fsp3) is 0.0811. The number of nitrogens with zero attached hydrogens (tertiary/aromatic N) is 2. The second kappa shape index (κ2) is 11.7. The summed E-state index contributed by atoms with van der Waals surface area (Å²) in [5, 5.41) is 0. The molecule has 0 saturated heterocycles. The number of benzene rings is 5. The number of anilines is 2. The van der Waals surface area contributed by atoms with Crippen LogP contribution in [0.1, 0.15) is 22.7 Å². The van der Waals surface area contributed by atoms with Gasteiger partial charge in [-0.25, -0.2) is 0 Å². The van der Waals surface area contributed by atoms with Gasteiger partial charge in [0.15, 0.2) is 0 Å². The summed E-state index contributed by atoms with van der Waals surface area (Å²) in [5.74, 6) is 1.84. The standard InChI is InChI=1S/C37H28Br2N2O/c38-29-16-20-31(21-17-29)40-24-33-34(37(28-14-8-3-9-15-28)42-36(33)27-12-6-2-7-13-27)35(26-10-4-1-5-11-26)41(25-40)32-22-18-30(39)19-23-32/h1-23,35H,24-25H2. The van der Waals surface area contributed by atoms with E-state index in [1.807, 2.05) is 0 Å². The van der Waals surface area contributed by atoms with Gasteiger partial charge in [-0.1, -0.05) is 123 Å². The first-order valence-electron chi connectivity index (χ1n) is 14.0. The Hall–Kier alpha value is -4.06. The minimum absolute atomic E-state index is 0.0840. The van der Waals surface area contributed by atoms with Gasteiger partial charge in [0.05, 0.1) is 12.7 Å². The smallest absolute Gasteiger partial charge is 0.140 e. The van der Waals surface area contributed by atoms with E-state index in [4.69, 9.17) is 4.42 Å². The fourth-order valence-corrected chi connectivity index (χ4v) is 6.41. The lowest BCUT2D eigenvalue weighted by Crippen LogP contribution is -2.38. The Balaban J connectivity index is 1.54. The Morgan fingerprint density at radius 2 is 1.05 bits per heavy atom. The Kier molecular flexibility index (Phi) is 7.45. The molecule has 2 heterocycles. The molecule has 0 N–H and O–H groups in total. The van der Waals surface area contributed by atoms with Crippen molar-refractivity contribution >= 4 is 43.2 Å². The monoisotopic (exact) mass is 674 g/mol. The van der Waals surface area contributed by atoms with Gasteiger partial charge in [0.1, 0.15) is 11.5 Å². The summed E-state index contributed by atoms with van der Waals surface area (Å²) in [4.78, 5) is 4.96. The van der Waals surface area contributed by atoms with Crippen molar-refractivity contribution in [3.8, 4) is 22.6 Å². The third-order valence-electron chi connectivity index (χ3n) is 7.84. The van der Waals surface area contributed by atoms with Crippen molar-refractivity contribution in [2.45, 2.75) is 12.6 Å². The van der Waals surface area contributed by atoms with Crippen LogP contribution in [0.2, 0.25) is 0 Å². The van der Waals surface area contributed by atoms with Gasteiger partial charge >= 0.3 is 0 Å². The van der Waals surface area contributed by atoms with Crippen LogP contribution in [0.5, 0.6) is 0 Å². The van der Waals surface area contributed by atoms with Crippen LogP contribution in [0.15, 0.2) is 153 Å². The second-order valence-electron chi connectivity index (χ2n) is 10.5. The molecule has 0 fully saturated rings. The summed E-state index contributed by atoms with van der Waals surface area (Å²) < 4.78 is 9.11. The molecule has 1 aliphatic rings. The molecule has 7 rings (SSSR count). The molecule has 0 spiro atoms. The Bertz CT molecular complexity index is 1790. The van der Waals surface area contributed by atoms with E-state index in [9.17, 15) is 0 Å². The molecule has 3 nitrogen and oxygen atoms in total. The van der Waals surface area contributed by atoms with Crippen LogP contribution >= 0.6 is 31.9 Å². The van der Waals surface area contributed by atoms with Gasteiger partial charge in [-0.3, -0.25) is 0 Å². The quantitative estimate of drug-likeness (QED) is 0.181. The maximum absolute atomic E-state index is 6.99. The van der Waals surface area contributed by atoms with E-state index >= 15 is 0 Å². The summed E-state index contributed by atoms with van der Waals surface area (Å²) in [5.41, 5.74) is 8.08. The highest BCUT2D eigenvalue weighted by atomic mass is 79.9. The second-order valence-corrected chi connectivity index (χ2v) is 12.3. The lowest BCUT2D eigenvalue weighted by molar-refractivity contribution is 0.582. The van der Waals surface area contributed by atoms with Crippen LogP contribution < -0.4 is 9.80 Å². The summed E-state index contributed by atoms with van der Waals surface area (Å²) in [6, 6.07) is 49.0. The largest absolute Gasteiger partial charge is 0.455 e. The van der Waals surface area contributed by atoms with Crippen molar-refractivity contribution in [1.29, 1.82) is 0 Å². The zero-order valence-corrected chi connectivity index (χ0v) is 26.0. The first-order chi connectivity index (χ1) is 20.7. The molecule has 206 valence electrons. The van der Waals surface area contributed by atoms with Gasteiger partial charge in [0, 0.05) is 49.1 Å². The molecule has 0 radical (unpaired) electrons. The van der Waals surface area contributed by atoms with Gasteiger partial charge in [-0.2, -0.15) is 0 Å². The van der Waals surface area contributed by atoms with Gasteiger partial charge in [0.2, 0.25) is 0 Å². The molecule has 1 aromatic heterocycles. The lowest BCUT2D eigenvalue weighted by atomic mass is 9.90. The number of fused-ring (bicyclic) bond motifs is 1. The number of rotatable bonds is 5. The molecule has 1 atom stereocenters. The SMILES string of the molecule is Brc1ccc(N2Cc3c(-c4ccccc4)oc(-c4ccccc4)c3C(c3ccccc3)N(c3ccc(Br)cc3)C2)cc1. The summed E-state index contributed by atoms with van der Waals surface area (Å²) >= 11 is 7.28. The van der Waals surface area contributed by atoms with Crippen LogP contribution in [-0.2, 0) is 6.54 Å². The highest BCUT2D eigenvalue weighted by Crippen LogP contribution is 2.48. The summed E-state index contributed by atoms with van der Waals surface area (Å²) in [7, 11) is 0. The molecule has 42 heavy (non-hydrogen) atoms. The van der Waals surface area contributed by atoms with Crippen LogP contribution in [0.3, 0.4) is 0 Å². The van der Waals surface area contributed by atoms with Gasteiger partial charge in [-0.05, 0) is 54.1 Å². The van der Waals surface area contributed by atoms with Crippen LogP contribution in [-0.4, -0.2) is 6.67 Å². The van der Waals surface area contributed by atoms with Crippen LogP contribution in [0.25, 0.3) is 22.6 Å². The molecule has 0 amide bonds. The molecule has 5 heteroatoms. The number of furan rings is 1. The number of halogens is 2. The van der Waals surface area contributed by atoms with Crippen molar-refractivity contribution in [3.63, 3.8) is 0 Å². The topological polar surface area (TPSA) is 19.6 Å². The van der Waals surface area contributed by atoms with Crippen molar-refractivity contribution in [1.82, 2.24) is 0 Å². The van der Waals surface area contributed by atoms with Crippen LogP contribution in [0, 0.1) is 0 Å². The molecule has 0 aliphatic carbocycles. The molecular weight excluding hydrogens is 648 g/mol. The number of hydrogen-bond acceptors (Lipinski definition) is 3. The first kappa shape index (κ1) is 26.8. The molecule has 0 saturated carbocycles. The lowest BCUT2D eigenvalue weighted by Gasteiger charge is -2.36. The first-order valence-corrected chi connectivity index (χ1v) is 15.6. The maximum atomic E-state index is 6.99. The average molecular weight is 676 g/mol. The fourth-order valence-electron chi connectivity index (χ4n) is 5.88. The van der Waals surface area contributed by atoms with Gasteiger partial charge in [-0.15, -0.1) is 0 Å². The third-order valence-corrected chi connectivity index (χ3v) is 8.90. The molecule has 1 unspecified atom stereocenters. The third kappa shape index (κ3) is 5.19. The molecular formula is C37H28Br2N2O. The number of hydrogen-bond donors (Lipinski definition) is 0. The van der Waals surface area contributed by atoms with Crippen molar-refractivity contribution in [2.24, 2.45) is 0 Å². The van der Waals surface area contributed by atoms with E-state index in [1.54, 1.807) is 0 Å². The highest BCUT2D eigenvalue weighted by Gasteiger charge is 2.37.